The van der Waals surface area contributed by atoms with Crippen LogP contribution in [0.2, 0.25) is 0 Å². The molecule has 0 fully saturated rings. The highest BCUT2D eigenvalue weighted by molar-refractivity contribution is 5.25. The van der Waals surface area contributed by atoms with Crippen molar-refractivity contribution in [2.45, 2.75) is 6.92 Å². The van der Waals surface area contributed by atoms with Crippen molar-refractivity contribution in [2.75, 3.05) is 5.73 Å². The molecular formula is C6H9N3O. The Morgan fingerprint density at radius 3 is 2.80 bits per heavy atom. The fourth-order valence-electron chi connectivity index (χ4n) is 0.677. The number of nitrogen functional groups attached to an aromatic ring is 1. The van der Waals surface area contributed by atoms with Gasteiger partial charge >= 0.3 is 0 Å². The number of hydrogen-bond donors (Lipinski definition) is 1. The summed E-state index contributed by atoms with van der Waals surface area (Å²) in [5, 5.41) is 0. The Balaban J connectivity index is 3.46. The zero-order valence-corrected chi connectivity index (χ0v) is 5.96. The van der Waals surface area contributed by atoms with Crippen molar-refractivity contribution in [1.82, 2.24) is 9.55 Å². The van der Waals surface area contributed by atoms with Crippen molar-refractivity contribution in [1.29, 1.82) is 0 Å². The minimum absolute atomic E-state index is 0.120. The van der Waals surface area contributed by atoms with E-state index < -0.39 is 0 Å². The van der Waals surface area contributed by atoms with Gasteiger partial charge in [-0.3, -0.25) is 9.36 Å². The van der Waals surface area contributed by atoms with E-state index in [1.807, 2.05) is 0 Å². The molecule has 0 radical (unpaired) electrons. The highest BCUT2D eigenvalue weighted by atomic mass is 16.1. The minimum Gasteiger partial charge on any atom is -0.383 e. The fourth-order valence-corrected chi connectivity index (χ4v) is 0.677. The molecule has 1 aromatic heterocycles. The van der Waals surface area contributed by atoms with Crippen LogP contribution in [0.15, 0.2) is 10.9 Å². The number of aromatic nitrogens is 2. The summed E-state index contributed by atoms with van der Waals surface area (Å²) in [5.41, 5.74) is 5.18. The van der Waals surface area contributed by atoms with Crippen LogP contribution in [0.3, 0.4) is 0 Å². The second-order valence-electron chi connectivity index (χ2n) is 2.13. The molecule has 4 heteroatoms. The molecule has 1 aromatic rings. The number of aryl methyl sites for hydroxylation is 1. The van der Waals surface area contributed by atoms with E-state index in [1.54, 1.807) is 14.0 Å². The number of nitrogens with zero attached hydrogens (tertiary/aromatic N) is 2. The molecular weight excluding hydrogens is 130 g/mol. The van der Waals surface area contributed by atoms with Gasteiger partial charge in [-0.1, -0.05) is 0 Å². The van der Waals surface area contributed by atoms with Gasteiger partial charge in [0.05, 0.1) is 0 Å². The molecule has 54 valence electrons. The topological polar surface area (TPSA) is 60.9 Å². The molecule has 4 nitrogen and oxygen atoms in total. The highest BCUT2D eigenvalue weighted by Gasteiger charge is 1.95. The molecule has 0 aromatic carbocycles. The van der Waals surface area contributed by atoms with Gasteiger partial charge in [-0.2, -0.15) is 0 Å². The summed E-state index contributed by atoms with van der Waals surface area (Å²) in [7, 11) is 1.66. The van der Waals surface area contributed by atoms with E-state index in [4.69, 9.17) is 5.73 Å². The van der Waals surface area contributed by atoms with Crippen molar-refractivity contribution in [2.24, 2.45) is 7.05 Å². The maximum absolute atomic E-state index is 10.9. The number of nitrogens with two attached hydrogens (primary N) is 1. The number of hydrogen-bond acceptors (Lipinski definition) is 3. The Morgan fingerprint density at radius 1 is 1.70 bits per heavy atom. The number of anilines is 1. The van der Waals surface area contributed by atoms with E-state index in [0.29, 0.717) is 5.82 Å². The molecule has 0 unspecified atom stereocenters. The van der Waals surface area contributed by atoms with Gasteiger partial charge in [-0.05, 0) is 6.92 Å². The first-order valence-corrected chi connectivity index (χ1v) is 2.91. The first kappa shape index (κ1) is 6.80. The average Bonchev–Trinajstić information content (AvgIpc) is 1.82. The van der Waals surface area contributed by atoms with Crippen LogP contribution >= 0.6 is 0 Å². The molecule has 0 saturated heterocycles. The summed E-state index contributed by atoms with van der Waals surface area (Å²) in [6, 6.07) is 1.30. The summed E-state index contributed by atoms with van der Waals surface area (Å²) in [5.74, 6) is 0.908. The smallest absolute Gasteiger partial charge is 0.255 e. The summed E-state index contributed by atoms with van der Waals surface area (Å²) >= 11 is 0. The van der Waals surface area contributed by atoms with Crippen LogP contribution in [0.25, 0.3) is 0 Å². The standard InChI is InChI=1S/C6H9N3O/c1-4-8-5(7)3-6(10)9(4)2/h3H,7H2,1-2H3. The van der Waals surface area contributed by atoms with Crippen molar-refractivity contribution in [3.05, 3.63) is 22.2 Å². The third-order valence-corrected chi connectivity index (χ3v) is 1.38. The molecule has 2 N–H and O–H groups in total. The summed E-state index contributed by atoms with van der Waals surface area (Å²) < 4.78 is 1.44. The molecule has 0 aliphatic carbocycles. The van der Waals surface area contributed by atoms with Gasteiger partial charge in [0.25, 0.3) is 5.56 Å². The minimum atomic E-state index is -0.120. The SMILES string of the molecule is Cc1nc(N)cc(=O)n1C. The largest absolute Gasteiger partial charge is 0.383 e. The lowest BCUT2D eigenvalue weighted by Crippen LogP contribution is -2.20. The molecule has 1 heterocycles. The maximum atomic E-state index is 10.9. The third kappa shape index (κ3) is 1.00. The van der Waals surface area contributed by atoms with Crippen molar-refractivity contribution >= 4 is 5.82 Å². The summed E-state index contributed by atoms with van der Waals surface area (Å²) in [4.78, 5) is 14.8. The molecule has 0 bridgehead atoms. The molecule has 0 atom stereocenters. The molecule has 0 aliphatic rings. The Kier molecular flexibility index (Phi) is 1.45. The lowest BCUT2D eigenvalue weighted by atomic mass is 10.5. The summed E-state index contributed by atoms with van der Waals surface area (Å²) in [6.07, 6.45) is 0. The van der Waals surface area contributed by atoms with Gasteiger partial charge in [0.15, 0.2) is 0 Å². The van der Waals surface area contributed by atoms with Crippen LogP contribution in [-0.2, 0) is 7.05 Å². The van der Waals surface area contributed by atoms with E-state index in [1.165, 1.54) is 10.6 Å². The molecule has 0 spiro atoms. The zero-order valence-electron chi connectivity index (χ0n) is 5.96. The maximum Gasteiger partial charge on any atom is 0.255 e. The van der Waals surface area contributed by atoms with Gasteiger partial charge in [0.1, 0.15) is 11.6 Å². The molecule has 0 saturated carbocycles. The first-order valence-electron chi connectivity index (χ1n) is 2.91. The van der Waals surface area contributed by atoms with Crippen molar-refractivity contribution < 1.29 is 0 Å². The second-order valence-corrected chi connectivity index (χ2v) is 2.13. The van der Waals surface area contributed by atoms with E-state index in [2.05, 4.69) is 4.98 Å². The van der Waals surface area contributed by atoms with Crippen LogP contribution in [0.5, 0.6) is 0 Å². The highest BCUT2D eigenvalue weighted by Crippen LogP contribution is 1.91. The van der Waals surface area contributed by atoms with Crippen LogP contribution in [0.4, 0.5) is 5.82 Å². The Morgan fingerprint density at radius 2 is 2.30 bits per heavy atom. The van der Waals surface area contributed by atoms with Gasteiger partial charge in [-0.15, -0.1) is 0 Å². The van der Waals surface area contributed by atoms with E-state index in [-0.39, 0.29) is 11.4 Å². The third-order valence-electron chi connectivity index (χ3n) is 1.38. The number of rotatable bonds is 0. The molecule has 1 rings (SSSR count). The van der Waals surface area contributed by atoms with E-state index in [9.17, 15) is 4.79 Å². The Labute approximate surface area is 58.3 Å². The van der Waals surface area contributed by atoms with Gasteiger partial charge < -0.3 is 5.73 Å². The van der Waals surface area contributed by atoms with Crippen molar-refractivity contribution in [3.8, 4) is 0 Å². The van der Waals surface area contributed by atoms with E-state index >= 15 is 0 Å². The van der Waals surface area contributed by atoms with Gasteiger partial charge in [-0.25, -0.2) is 4.98 Å². The monoisotopic (exact) mass is 139 g/mol. The second kappa shape index (κ2) is 2.13. The van der Waals surface area contributed by atoms with Gasteiger partial charge in [0.2, 0.25) is 0 Å². The van der Waals surface area contributed by atoms with Crippen LogP contribution in [0.1, 0.15) is 5.82 Å². The average molecular weight is 139 g/mol. The summed E-state index contributed by atoms with van der Waals surface area (Å²) in [6.45, 7) is 1.73. The van der Waals surface area contributed by atoms with Crippen molar-refractivity contribution in [3.63, 3.8) is 0 Å². The predicted octanol–water partition coefficient (Wildman–Crippen LogP) is -0.329. The molecule has 10 heavy (non-hydrogen) atoms. The normalized spacial score (nSPS) is 9.80. The first-order chi connectivity index (χ1) is 4.61. The lowest BCUT2D eigenvalue weighted by Gasteiger charge is -2.00. The quantitative estimate of drug-likeness (QED) is 0.535. The van der Waals surface area contributed by atoms with Gasteiger partial charge in [0, 0.05) is 13.1 Å². The van der Waals surface area contributed by atoms with E-state index in [0.717, 1.165) is 0 Å². The lowest BCUT2D eigenvalue weighted by molar-refractivity contribution is 0.778. The Bertz CT molecular complexity index is 302. The Hall–Kier alpha value is -1.32. The molecule has 0 aliphatic heterocycles. The van der Waals surface area contributed by atoms with Crippen LogP contribution < -0.4 is 11.3 Å². The zero-order chi connectivity index (χ0) is 7.72. The van der Waals surface area contributed by atoms with Crippen LogP contribution in [0, 0.1) is 6.92 Å². The predicted molar refractivity (Wildman–Crippen MR) is 38.6 cm³/mol. The fraction of sp³-hybridized carbons (Fsp3) is 0.333. The molecule has 0 amide bonds. The van der Waals surface area contributed by atoms with Crippen LogP contribution in [-0.4, -0.2) is 9.55 Å².